The predicted octanol–water partition coefficient (Wildman–Crippen LogP) is 2.19. The van der Waals surface area contributed by atoms with Crippen molar-refractivity contribution in [3.63, 3.8) is 0 Å². The minimum absolute atomic E-state index is 0.0778. The highest BCUT2D eigenvalue weighted by Gasteiger charge is 2.24. The SMILES string of the molecule is CC(N)C1CCN(C(=O)CSCC(=O)c2ccccc2)CC1. The quantitative estimate of drug-likeness (QED) is 0.816. The van der Waals surface area contributed by atoms with Crippen molar-refractivity contribution in [1.29, 1.82) is 0 Å². The zero-order valence-corrected chi connectivity index (χ0v) is 13.8. The van der Waals surface area contributed by atoms with E-state index in [9.17, 15) is 9.59 Å². The van der Waals surface area contributed by atoms with E-state index in [1.807, 2.05) is 42.2 Å². The third-order valence-electron chi connectivity index (χ3n) is 4.19. The largest absolute Gasteiger partial charge is 0.342 e. The van der Waals surface area contributed by atoms with Crippen molar-refractivity contribution in [1.82, 2.24) is 4.90 Å². The number of hydrogen-bond donors (Lipinski definition) is 1. The molecule has 1 unspecified atom stereocenters. The number of rotatable bonds is 6. The van der Waals surface area contributed by atoms with Gasteiger partial charge in [0.15, 0.2) is 5.78 Å². The molecule has 1 saturated heterocycles. The lowest BCUT2D eigenvalue weighted by molar-refractivity contribution is -0.129. The molecule has 1 aromatic carbocycles. The van der Waals surface area contributed by atoms with E-state index in [1.165, 1.54) is 11.8 Å². The van der Waals surface area contributed by atoms with Crippen molar-refractivity contribution in [2.75, 3.05) is 24.6 Å². The Kier molecular flexibility index (Phi) is 6.46. The maximum atomic E-state index is 12.2. The zero-order chi connectivity index (χ0) is 15.9. The van der Waals surface area contributed by atoms with Crippen LogP contribution in [0.5, 0.6) is 0 Å². The van der Waals surface area contributed by atoms with Gasteiger partial charge in [0.05, 0.1) is 11.5 Å². The summed E-state index contributed by atoms with van der Waals surface area (Å²) in [6.07, 6.45) is 1.97. The number of piperidine rings is 1. The standard InChI is InChI=1S/C17H24N2O2S/c1-13(18)14-7-9-19(10-8-14)17(21)12-22-11-16(20)15-5-3-2-4-6-15/h2-6,13-14H,7-12,18H2,1H3. The van der Waals surface area contributed by atoms with Crippen LogP contribution in [0.4, 0.5) is 0 Å². The number of carbonyl (C=O) groups is 2. The van der Waals surface area contributed by atoms with E-state index in [4.69, 9.17) is 5.73 Å². The van der Waals surface area contributed by atoms with Crippen molar-refractivity contribution in [3.8, 4) is 0 Å². The van der Waals surface area contributed by atoms with Gasteiger partial charge >= 0.3 is 0 Å². The summed E-state index contributed by atoms with van der Waals surface area (Å²) >= 11 is 1.40. The number of thioether (sulfide) groups is 1. The van der Waals surface area contributed by atoms with Crippen LogP contribution in [-0.2, 0) is 4.79 Å². The van der Waals surface area contributed by atoms with Gasteiger partial charge in [0.25, 0.3) is 0 Å². The highest BCUT2D eigenvalue weighted by Crippen LogP contribution is 2.20. The van der Waals surface area contributed by atoms with Gasteiger partial charge in [0.2, 0.25) is 5.91 Å². The highest BCUT2D eigenvalue weighted by molar-refractivity contribution is 8.00. The number of likely N-dealkylation sites (tertiary alicyclic amines) is 1. The van der Waals surface area contributed by atoms with E-state index in [0.29, 0.717) is 23.0 Å². The predicted molar refractivity (Wildman–Crippen MR) is 91.1 cm³/mol. The van der Waals surface area contributed by atoms with Gasteiger partial charge in [0.1, 0.15) is 0 Å². The topological polar surface area (TPSA) is 63.4 Å². The Morgan fingerprint density at radius 2 is 1.86 bits per heavy atom. The van der Waals surface area contributed by atoms with E-state index in [1.54, 1.807) is 0 Å². The molecule has 4 nitrogen and oxygen atoms in total. The summed E-state index contributed by atoms with van der Waals surface area (Å²) in [4.78, 5) is 26.0. The number of amides is 1. The molecule has 1 fully saturated rings. The van der Waals surface area contributed by atoms with Crippen LogP contribution in [0.25, 0.3) is 0 Å². The maximum absolute atomic E-state index is 12.2. The maximum Gasteiger partial charge on any atom is 0.232 e. The first kappa shape index (κ1) is 17.0. The lowest BCUT2D eigenvalue weighted by Crippen LogP contribution is -2.43. The van der Waals surface area contributed by atoms with Crippen molar-refractivity contribution < 1.29 is 9.59 Å². The van der Waals surface area contributed by atoms with Gasteiger partial charge in [-0.15, -0.1) is 11.8 Å². The molecule has 1 aliphatic rings. The minimum atomic E-state index is 0.0778. The smallest absolute Gasteiger partial charge is 0.232 e. The van der Waals surface area contributed by atoms with E-state index in [-0.39, 0.29) is 17.7 Å². The molecule has 22 heavy (non-hydrogen) atoms. The second-order valence-electron chi connectivity index (χ2n) is 5.86. The van der Waals surface area contributed by atoms with Crippen LogP contribution in [0.2, 0.25) is 0 Å². The Morgan fingerprint density at radius 3 is 2.45 bits per heavy atom. The van der Waals surface area contributed by atoms with Gasteiger partial charge in [-0.3, -0.25) is 9.59 Å². The Balaban J connectivity index is 1.69. The molecule has 0 radical (unpaired) electrons. The number of hydrogen-bond acceptors (Lipinski definition) is 4. The van der Waals surface area contributed by atoms with E-state index >= 15 is 0 Å². The second kappa shape index (κ2) is 8.34. The van der Waals surface area contributed by atoms with Crippen molar-refractivity contribution in [2.24, 2.45) is 11.7 Å². The fourth-order valence-corrected chi connectivity index (χ4v) is 3.52. The Bertz CT molecular complexity index is 497. The summed E-state index contributed by atoms with van der Waals surface area (Å²) in [5.41, 5.74) is 6.62. The summed E-state index contributed by atoms with van der Waals surface area (Å²) in [5.74, 6) is 1.47. The summed E-state index contributed by atoms with van der Waals surface area (Å²) in [5, 5.41) is 0. The lowest BCUT2D eigenvalue weighted by atomic mass is 9.91. The molecule has 1 aromatic rings. The molecule has 5 heteroatoms. The molecule has 1 atom stereocenters. The second-order valence-corrected chi connectivity index (χ2v) is 6.84. The van der Waals surface area contributed by atoms with E-state index in [2.05, 4.69) is 0 Å². The van der Waals surface area contributed by atoms with Crippen molar-refractivity contribution in [3.05, 3.63) is 35.9 Å². The van der Waals surface area contributed by atoms with Gasteiger partial charge in [0, 0.05) is 24.7 Å². The Hall–Kier alpha value is -1.33. The lowest BCUT2D eigenvalue weighted by Gasteiger charge is -2.33. The Morgan fingerprint density at radius 1 is 1.23 bits per heavy atom. The third-order valence-corrected chi connectivity index (χ3v) is 5.11. The monoisotopic (exact) mass is 320 g/mol. The molecular formula is C17H24N2O2S. The molecule has 0 aliphatic carbocycles. The number of carbonyl (C=O) groups excluding carboxylic acids is 2. The average molecular weight is 320 g/mol. The number of ketones is 1. The van der Waals surface area contributed by atoms with Gasteiger partial charge in [-0.25, -0.2) is 0 Å². The first-order valence-corrected chi connectivity index (χ1v) is 8.92. The van der Waals surface area contributed by atoms with Gasteiger partial charge < -0.3 is 10.6 Å². The molecule has 0 bridgehead atoms. The molecule has 0 aromatic heterocycles. The van der Waals surface area contributed by atoms with Crippen LogP contribution in [0.15, 0.2) is 30.3 Å². The molecule has 1 heterocycles. The first-order chi connectivity index (χ1) is 10.6. The van der Waals surface area contributed by atoms with Crippen LogP contribution in [0.3, 0.4) is 0 Å². The average Bonchev–Trinajstić information content (AvgIpc) is 2.55. The molecular weight excluding hydrogens is 296 g/mol. The summed E-state index contributed by atoms with van der Waals surface area (Å²) < 4.78 is 0. The van der Waals surface area contributed by atoms with Gasteiger partial charge in [-0.05, 0) is 25.7 Å². The Labute approximate surface area is 136 Å². The minimum Gasteiger partial charge on any atom is -0.342 e. The van der Waals surface area contributed by atoms with E-state index < -0.39 is 0 Å². The first-order valence-electron chi connectivity index (χ1n) is 7.77. The summed E-state index contributed by atoms with van der Waals surface area (Å²) in [6.45, 7) is 3.61. The molecule has 1 aliphatic heterocycles. The third kappa shape index (κ3) is 4.85. The van der Waals surface area contributed by atoms with Crippen LogP contribution in [0, 0.1) is 5.92 Å². The summed E-state index contributed by atoms with van der Waals surface area (Å²) in [6, 6.07) is 9.42. The van der Waals surface area contributed by atoms with Crippen LogP contribution in [-0.4, -0.2) is 47.2 Å². The van der Waals surface area contributed by atoms with Gasteiger partial charge in [-0.1, -0.05) is 30.3 Å². The zero-order valence-electron chi connectivity index (χ0n) is 13.0. The van der Waals surface area contributed by atoms with Gasteiger partial charge in [-0.2, -0.15) is 0 Å². The molecule has 2 N–H and O–H groups in total. The molecule has 0 spiro atoms. The van der Waals surface area contributed by atoms with Crippen molar-refractivity contribution >= 4 is 23.5 Å². The number of benzene rings is 1. The fourth-order valence-electron chi connectivity index (χ4n) is 2.70. The number of Topliss-reactive ketones (excluding diaryl/α,β-unsaturated/α-hetero) is 1. The normalized spacial score (nSPS) is 17.3. The van der Waals surface area contributed by atoms with Crippen LogP contribution in [0.1, 0.15) is 30.1 Å². The summed E-state index contributed by atoms with van der Waals surface area (Å²) in [7, 11) is 0. The van der Waals surface area contributed by atoms with Crippen LogP contribution < -0.4 is 5.73 Å². The van der Waals surface area contributed by atoms with Crippen LogP contribution >= 0.6 is 11.8 Å². The highest BCUT2D eigenvalue weighted by atomic mass is 32.2. The molecule has 120 valence electrons. The molecule has 0 saturated carbocycles. The fraction of sp³-hybridized carbons (Fsp3) is 0.529. The number of nitrogens with zero attached hydrogens (tertiary/aromatic N) is 1. The van der Waals surface area contributed by atoms with E-state index in [0.717, 1.165) is 25.9 Å². The van der Waals surface area contributed by atoms with Crippen molar-refractivity contribution in [2.45, 2.75) is 25.8 Å². The molecule has 2 rings (SSSR count). The molecule has 1 amide bonds. The number of nitrogens with two attached hydrogens (primary N) is 1.